The molecule has 1 atom stereocenters. The van der Waals surface area contributed by atoms with Gasteiger partial charge in [-0.1, -0.05) is 13.3 Å². The summed E-state index contributed by atoms with van der Waals surface area (Å²) in [5, 5.41) is 10.2. The zero-order chi connectivity index (χ0) is 14.4. The summed E-state index contributed by atoms with van der Waals surface area (Å²) in [7, 11) is 0. The first kappa shape index (κ1) is 15.1. The molecule has 1 aromatic rings. The van der Waals surface area contributed by atoms with E-state index in [1.165, 1.54) is 0 Å². The quantitative estimate of drug-likeness (QED) is 0.611. The molecule has 1 aromatic heterocycles. The van der Waals surface area contributed by atoms with Gasteiger partial charge in [0, 0.05) is 32.2 Å². The predicted molar refractivity (Wildman–Crippen MR) is 81.9 cm³/mol. The Labute approximate surface area is 125 Å². The van der Waals surface area contributed by atoms with Gasteiger partial charge in [-0.25, -0.2) is 9.97 Å². The molecule has 1 unspecified atom stereocenters. The number of piperazine rings is 1. The molecule has 2 rings (SSSR count). The number of hydrogen-bond acceptors (Lipinski definition) is 6. The summed E-state index contributed by atoms with van der Waals surface area (Å²) in [6, 6.07) is 4.52. The van der Waals surface area contributed by atoms with Crippen molar-refractivity contribution in [1.29, 1.82) is 5.26 Å². The molecular formula is C14H21N5S. The monoisotopic (exact) mass is 291 g/mol. The van der Waals surface area contributed by atoms with Crippen molar-refractivity contribution < 1.29 is 0 Å². The molecule has 1 fully saturated rings. The maximum atomic E-state index is 9.23. The minimum atomic E-state index is 0.0642. The SMILES string of the molecule is CCCC(C#N)N1CCN(c2cc(SC)ncn2)CC1. The second-order valence-electron chi connectivity index (χ2n) is 4.88. The van der Waals surface area contributed by atoms with Crippen LogP contribution in [0.1, 0.15) is 19.8 Å². The molecule has 1 aliphatic rings. The molecule has 0 saturated carbocycles. The molecule has 0 spiro atoms. The lowest BCUT2D eigenvalue weighted by Crippen LogP contribution is -2.50. The van der Waals surface area contributed by atoms with Gasteiger partial charge in [-0.3, -0.25) is 4.90 Å². The summed E-state index contributed by atoms with van der Waals surface area (Å²) < 4.78 is 0. The van der Waals surface area contributed by atoms with Gasteiger partial charge in [0.05, 0.1) is 12.1 Å². The molecule has 1 aliphatic heterocycles. The van der Waals surface area contributed by atoms with E-state index in [0.29, 0.717) is 0 Å². The summed E-state index contributed by atoms with van der Waals surface area (Å²) in [4.78, 5) is 13.1. The maximum absolute atomic E-state index is 9.23. The lowest BCUT2D eigenvalue weighted by atomic mass is 10.1. The summed E-state index contributed by atoms with van der Waals surface area (Å²) in [6.45, 7) is 5.83. The zero-order valence-corrected chi connectivity index (χ0v) is 12.9. The van der Waals surface area contributed by atoms with Gasteiger partial charge in [0.15, 0.2) is 0 Å². The van der Waals surface area contributed by atoms with E-state index >= 15 is 0 Å². The highest BCUT2D eigenvalue weighted by Crippen LogP contribution is 2.19. The number of anilines is 1. The van der Waals surface area contributed by atoms with E-state index in [1.54, 1.807) is 18.1 Å². The van der Waals surface area contributed by atoms with Crippen molar-refractivity contribution in [3.05, 3.63) is 12.4 Å². The van der Waals surface area contributed by atoms with Gasteiger partial charge in [0.1, 0.15) is 17.2 Å². The van der Waals surface area contributed by atoms with Crippen molar-refractivity contribution in [2.75, 3.05) is 37.3 Å². The van der Waals surface area contributed by atoms with Crippen molar-refractivity contribution in [3.63, 3.8) is 0 Å². The van der Waals surface area contributed by atoms with Gasteiger partial charge >= 0.3 is 0 Å². The van der Waals surface area contributed by atoms with Gasteiger partial charge in [-0.2, -0.15) is 5.26 Å². The van der Waals surface area contributed by atoms with E-state index in [-0.39, 0.29) is 6.04 Å². The third-order valence-corrected chi connectivity index (χ3v) is 4.27. The maximum Gasteiger partial charge on any atom is 0.133 e. The summed E-state index contributed by atoms with van der Waals surface area (Å²) in [5.41, 5.74) is 0. The Kier molecular flexibility index (Phi) is 5.62. The molecule has 0 N–H and O–H groups in total. The minimum Gasteiger partial charge on any atom is -0.354 e. The first-order chi connectivity index (χ1) is 9.78. The Morgan fingerprint density at radius 2 is 2.10 bits per heavy atom. The van der Waals surface area contributed by atoms with Crippen molar-refractivity contribution in [2.45, 2.75) is 30.8 Å². The van der Waals surface area contributed by atoms with Crippen LogP contribution in [0.25, 0.3) is 0 Å². The lowest BCUT2D eigenvalue weighted by Gasteiger charge is -2.37. The third-order valence-electron chi connectivity index (χ3n) is 3.63. The first-order valence-electron chi connectivity index (χ1n) is 7.03. The molecule has 0 bridgehead atoms. The minimum absolute atomic E-state index is 0.0642. The normalized spacial score (nSPS) is 17.8. The number of nitrogens with zero attached hydrogens (tertiary/aromatic N) is 5. The average molecular weight is 291 g/mol. The van der Waals surface area contributed by atoms with E-state index in [2.05, 4.69) is 32.8 Å². The van der Waals surface area contributed by atoms with Gasteiger partial charge < -0.3 is 4.90 Å². The molecule has 108 valence electrons. The van der Waals surface area contributed by atoms with Crippen molar-refractivity contribution in [1.82, 2.24) is 14.9 Å². The molecule has 6 heteroatoms. The van der Waals surface area contributed by atoms with Crippen LogP contribution in [-0.2, 0) is 0 Å². The molecule has 2 heterocycles. The highest BCUT2D eigenvalue weighted by atomic mass is 32.2. The van der Waals surface area contributed by atoms with Crippen LogP contribution in [0, 0.1) is 11.3 Å². The molecule has 0 amide bonds. The summed E-state index contributed by atoms with van der Waals surface area (Å²) in [6.07, 6.45) is 5.66. The fourth-order valence-electron chi connectivity index (χ4n) is 2.48. The van der Waals surface area contributed by atoms with Crippen molar-refractivity contribution >= 4 is 17.6 Å². The highest BCUT2D eigenvalue weighted by molar-refractivity contribution is 7.98. The Hall–Kier alpha value is -1.32. The number of aromatic nitrogens is 2. The van der Waals surface area contributed by atoms with Crippen LogP contribution in [0.3, 0.4) is 0 Å². The lowest BCUT2D eigenvalue weighted by molar-refractivity contribution is 0.211. The summed E-state index contributed by atoms with van der Waals surface area (Å²) >= 11 is 1.63. The fraction of sp³-hybridized carbons (Fsp3) is 0.643. The Bertz CT molecular complexity index is 465. The van der Waals surface area contributed by atoms with E-state index < -0.39 is 0 Å². The van der Waals surface area contributed by atoms with Crippen molar-refractivity contribution in [3.8, 4) is 6.07 Å². The number of rotatable bonds is 5. The van der Waals surface area contributed by atoms with Gasteiger partial charge in [0.25, 0.3) is 0 Å². The summed E-state index contributed by atoms with van der Waals surface area (Å²) in [5.74, 6) is 0.994. The zero-order valence-electron chi connectivity index (χ0n) is 12.1. The fourth-order valence-corrected chi connectivity index (χ4v) is 2.86. The molecule has 0 aliphatic carbocycles. The first-order valence-corrected chi connectivity index (χ1v) is 8.25. The van der Waals surface area contributed by atoms with Crippen LogP contribution in [0.4, 0.5) is 5.82 Å². The van der Waals surface area contributed by atoms with E-state index in [1.807, 2.05) is 12.3 Å². The van der Waals surface area contributed by atoms with Crippen molar-refractivity contribution in [2.24, 2.45) is 0 Å². The Morgan fingerprint density at radius 1 is 1.35 bits per heavy atom. The number of thioether (sulfide) groups is 1. The van der Waals surface area contributed by atoms with E-state index in [0.717, 1.165) is 49.9 Å². The topological polar surface area (TPSA) is 56.1 Å². The van der Waals surface area contributed by atoms with Gasteiger partial charge in [0.2, 0.25) is 0 Å². The number of nitriles is 1. The second kappa shape index (κ2) is 7.46. The molecule has 0 radical (unpaired) electrons. The smallest absolute Gasteiger partial charge is 0.133 e. The van der Waals surface area contributed by atoms with E-state index in [9.17, 15) is 5.26 Å². The number of hydrogen-bond donors (Lipinski definition) is 0. The second-order valence-corrected chi connectivity index (χ2v) is 5.70. The molecule has 0 aromatic carbocycles. The van der Waals surface area contributed by atoms with Crippen LogP contribution in [-0.4, -0.2) is 53.3 Å². The van der Waals surface area contributed by atoms with Crippen LogP contribution >= 0.6 is 11.8 Å². The van der Waals surface area contributed by atoms with Gasteiger partial charge in [-0.15, -0.1) is 11.8 Å². The largest absolute Gasteiger partial charge is 0.354 e. The van der Waals surface area contributed by atoms with Crippen LogP contribution in [0.15, 0.2) is 17.4 Å². The van der Waals surface area contributed by atoms with Crippen LogP contribution in [0.2, 0.25) is 0 Å². The van der Waals surface area contributed by atoms with Crippen LogP contribution in [0.5, 0.6) is 0 Å². The molecular weight excluding hydrogens is 270 g/mol. The predicted octanol–water partition coefficient (Wildman–Crippen LogP) is 2.01. The van der Waals surface area contributed by atoms with Gasteiger partial charge in [-0.05, 0) is 12.7 Å². The highest BCUT2D eigenvalue weighted by Gasteiger charge is 2.23. The molecule has 5 nitrogen and oxygen atoms in total. The standard InChI is InChI=1S/C14H21N5S/c1-3-4-12(10-15)18-5-7-19(8-6-18)13-9-14(20-2)17-11-16-13/h9,11-12H,3-8H2,1-2H3. The van der Waals surface area contributed by atoms with E-state index in [4.69, 9.17) is 0 Å². The Morgan fingerprint density at radius 3 is 2.70 bits per heavy atom. The average Bonchev–Trinajstić information content (AvgIpc) is 2.53. The van der Waals surface area contributed by atoms with Crippen LogP contribution < -0.4 is 4.90 Å². The molecule has 20 heavy (non-hydrogen) atoms. The Balaban J connectivity index is 1.95. The molecule has 1 saturated heterocycles. The third kappa shape index (κ3) is 3.62.